The standard InChI is InChI=1S/C53H82N2.2C5H11.Ni/c1-5-8-11-13-15-17-19-21-23-25-27-29-31-33-39-47-41-35-37-44-50(47)52-46(4)49(43-10-7-3)53(55(52)54)51-45-38-36-42-48(51)40-34-32-30-28-26-24-22-20-18-16-14-12-9-6-2;2*1-3-5-4-2;/h27-30,35-38,41-42,44-45H,5-26,31-34,39-40,43H2,1-4H3;2*1,3-5H2,2H3;. The van der Waals surface area contributed by atoms with Crippen LogP contribution in [0.5, 0.6) is 0 Å². The third-order valence-electron chi connectivity index (χ3n) is 13.4. The van der Waals surface area contributed by atoms with Crippen LogP contribution in [0, 0.1) is 0 Å². The van der Waals surface area contributed by atoms with Crippen LogP contribution in [0.1, 0.15) is 276 Å². The van der Waals surface area contributed by atoms with Crippen LogP contribution in [0.3, 0.4) is 0 Å². The number of hydrogen-bond acceptors (Lipinski definition) is 0. The maximum absolute atomic E-state index is 12.1. The van der Waals surface area contributed by atoms with E-state index < -0.39 is 0 Å². The minimum atomic E-state index is 0.979. The Morgan fingerprint density at radius 1 is 0.394 bits per heavy atom. The summed E-state index contributed by atoms with van der Waals surface area (Å²) in [6.45, 7) is 13.6. The van der Waals surface area contributed by atoms with Crippen molar-refractivity contribution in [2.24, 2.45) is 0 Å². The molecule has 2 aromatic rings. The number of allylic oxidation sites excluding steroid dienone is 6. The first-order valence-corrected chi connectivity index (χ1v) is 29.8. The Balaban J connectivity index is 0.00000120. The Labute approximate surface area is 417 Å². The van der Waals surface area contributed by atoms with Gasteiger partial charge in [0.2, 0.25) is 11.4 Å². The van der Waals surface area contributed by atoms with Crippen molar-refractivity contribution in [1.82, 2.24) is 0 Å². The Bertz CT molecular complexity index is 1600. The average molecular weight is 948 g/mol. The van der Waals surface area contributed by atoms with Gasteiger partial charge in [-0.15, -0.1) is 0 Å². The molecule has 1 aliphatic rings. The molecule has 0 atom stereocenters. The van der Waals surface area contributed by atoms with Crippen LogP contribution < -0.4 is 0 Å². The van der Waals surface area contributed by atoms with E-state index in [0.717, 1.165) is 69.2 Å². The second kappa shape index (κ2) is 42.6. The first kappa shape index (κ1) is 59.6. The fraction of sp³-hybridized carbons (Fsp3) is 0.683. The number of hydrogen-bond donors (Lipinski definition) is 0. The molecule has 3 rings (SSSR count). The molecular weight excluding hydrogens is 843 g/mol. The molecule has 2 nitrogen and oxygen atoms in total. The van der Waals surface area contributed by atoms with Crippen molar-refractivity contribution in [2.45, 2.75) is 277 Å². The molecule has 0 aliphatic carbocycles. The zero-order valence-electron chi connectivity index (χ0n) is 44.3. The summed E-state index contributed by atoms with van der Waals surface area (Å²) in [6.07, 6.45) is 55.3. The number of unbranched alkanes of at least 4 members (excludes halogenated alkanes) is 25. The van der Waals surface area contributed by atoms with Crippen LogP contribution in [0.25, 0.3) is 16.9 Å². The Hall–Kier alpha value is -2.51. The quantitative estimate of drug-likeness (QED) is 0.0275. The van der Waals surface area contributed by atoms with Crippen molar-refractivity contribution in [3.8, 4) is 0 Å². The van der Waals surface area contributed by atoms with Gasteiger partial charge in [-0.1, -0.05) is 191 Å². The van der Waals surface area contributed by atoms with Gasteiger partial charge in [-0.3, -0.25) is 0 Å². The predicted octanol–water partition coefficient (Wildman–Crippen LogP) is 22.0. The molecule has 0 aromatic heterocycles. The summed E-state index contributed by atoms with van der Waals surface area (Å²) >= 11 is 1.97. The van der Waals surface area contributed by atoms with E-state index in [1.165, 1.54) is 211 Å². The molecule has 0 saturated carbocycles. The van der Waals surface area contributed by atoms with Crippen molar-refractivity contribution in [2.75, 3.05) is 0 Å². The summed E-state index contributed by atoms with van der Waals surface area (Å²) < 4.78 is 1.56. The van der Waals surface area contributed by atoms with E-state index in [4.69, 9.17) is 0 Å². The van der Waals surface area contributed by atoms with Gasteiger partial charge in [-0.05, 0) is 107 Å². The summed E-state index contributed by atoms with van der Waals surface area (Å²) in [4.78, 5) is 0. The Morgan fingerprint density at radius 3 is 1.17 bits per heavy atom. The molecule has 0 unspecified atom stereocenters. The van der Waals surface area contributed by atoms with Gasteiger partial charge in [0.05, 0.1) is 0 Å². The first-order chi connectivity index (χ1) is 32.5. The number of benzene rings is 2. The van der Waals surface area contributed by atoms with E-state index in [-0.39, 0.29) is 0 Å². The molecule has 66 heavy (non-hydrogen) atoms. The van der Waals surface area contributed by atoms with Crippen molar-refractivity contribution in [1.29, 1.82) is 0 Å². The molecule has 376 valence electrons. The van der Waals surface area contributed by atoms with Crippen LogP contribution in [0.4, 0.5) is 0 Å². The van der Waals surface area contributed by atoms with E-state index >= 15 is 0 Å². The molecule has 2 aromatic carbocycles. The van der Waals surface area contributed by atoms with Crippen molar-refractivity contribution < 1.29 is 19.1 Å². The second-order valence-corrected chi connectivity index (χ2v) is 20.9. The number of nitrogens with zero attached hydrogens (tertiary/aromatic N) is 2. The van der Waals surface area contributed by atoms with Gasteiger partial charge in [0.1, 0.15) is 0 Å². The fourth-order valence-electron chi connectivity index (χ4n) is 9.24. The average Bonchev–Trinajstić information content (AvgIpc) is 3.58. The van der Waals surface area contributed by atoms with Crippen molar-refractivity contribution in [3.63, 3.8) is 0 Å². The third kappa shape index (κ3) is 26.9. The van der Waals surface area contributed by atoms with Crippen LogP contribution in [-0.2, 0) is 27.3 Å². The molecule has 1 aliphatic heterocycles. The maximum atomic E-state index is 12.1. The van der Waals surface area contributed by atoms with Gasteiger partial charge in [0.25, 0.3) is 0 Å². The van der Waals surface area contributed by atoms with Crippen molar-refractivity contribution >= 4 is 11.4 Å². The zero-order valence-corrected chi connectivity index (χ0v) is 45.3. The van der Waals surface area contributed by atoms with Crippen molar-refractivity contribution in [3.05, 3.63) is 112 Å². The summed E-state index contributed by atoms with van der Waals surface area (Å²) in [5.74, 6) is 0. The van der Waals surface area contributed by atoms with E-state index in [9.17, 15) is 5.53 Å². The fourth-order valence-corrected chi connectivity index (χ4v) is 10.5. The van der Waals surface area contributed by atoms with Gasteiger partial charge in [-0.2, -0.15) is 0 Å². The Kier molecular flexibility index (Phi) is 38.5. The second-order valence-electron chi connectivity index (χ2n) is 19.4. The zero-order chi connectivity index (χ0) is 47.6. The number of aryl methyl sites for hydroxylation is 2. The molecule has 0 radical (unpaired) electrons. The topological polar surface area (TPSA) is 25.3 Å². The molecular formula is C63H104N2Ni. The van der Waals surface area contributed by atoms with Crippen LogP contribution in [-0.4, -0.2) is 4.70 Å². The van der Waals surface area contributed by atoms with Crippen LogP contribution in [0.15, 0.2) is 84.0 Å². The molecule has 0 fully saturated rings. The van der Waals surface area contributed by atoms with E-state index in [1.54, 1.807) is 4.70 Å². The van der Waals surface area contributed by atoms with Gasteiger partial charge in [0.15, 0.2) is 0 Å². The molecule has 0 amide bonds. The number of rotatable bonds is 41. The summed E-state index contributed by atoms with van der Waals surface area (Å²) in [5, 5.41) is 2.81. The first-order valence-electron chi connectivity index (χ1n) is 28.4. The van der Waals surface area contributed by atoms with Crippen LogP contribution >= 0.6 is 0 Å². The molecule has 0 bridgehead atoms. The van der Waals surface area contributed by atoms with E-state index in [1.807, 2.05) is 14.4 Å². The van der Waals surface area contributed by atoms with Gasteiger partial charge in [0, 0.05) is 22.3 Å². The minimum absolute atomic E-state index is 0.979. The molecule has 3 heteroatoms. The summed E-state index contributed by atoms with van der Waals surface area (Å²) in [5.41, 5.74) is 21.7. The summed E-state index contributed by atoms with van der Waals surface area (Å²) in [7, 11) is 0. The van der Waals surface area contributed by atoms with Crippen LogP contribution in [0.2, 0.25) is 10.8 Å². The van der Waals surface area contributed by atoms with Gasteiger partial charge >= 0.3 is 77.6 Å². The monoisotopic (exact) mass is 947 g/mol. The van der Waals surface area contributed by atoms with Gasteiger partial charge in [-0.25, -0.2) is 4.70 Å². The molecule has 0 N–H and O–H groups in total. The SMILES string of the molecule is CCCCCCCCCCCC=CCCCc1ccccc1C1=C(C)C(CCCC)=C(c2ccccc2CCCC=CCCCCCCCCCCC)[N+]1=[N-].CCCC[CH2][Ni][CH2]CCCC. The molecule has 0 spiro atoms. The Morgan fingerprint density at radius 2 is 0.742 bits per heavy atom. The molecule has 1 heterocycles. The third-order valence-corrected chi connectivity index (χ3v) is 14.8. The molecule has 0 saturated heterocycles. The van der Waals surface area contributed by atoms with Gasteiger partial charge < -0.3 is 5.53 Å². The summed E-state index contributed by atoms with van der Waals surface area (Å²) in [6, 6.07) is 17.6. The normalized spacial score (nSPS) is 13.0. The van der Waals surface area contributed by atoms with E-state index in [2.05, 4.69) is 114 Å². The van der Waals surface area contributed by atoms with E-state index in [0.29, 0.717) is 0 Å². The predicted molar refractivity (Wildman–Crippen MR) is 292 cm³/mol.